The molecule has 1 fully saturated rings. The lowest BCUT2D eigenvalue weighted by molar-refractivity contribution is 0.313. The highest BCUT2D eigenvalue weighted by molar-refractivity contribution is 5.56. The molecule has 1 aliphatic rings. The van der Waals surface area contributed by atoms with Gasteiger partial charge in [-0.3, -0.25) is 0 Å². The first-order valence-corrected chi connectivity index (χ1v) is 12.2. The van der Waals surface area contributed by atoms with E-state index in [1.54, 1.807) is 0 Å². The molecule has 1 aliphatic heterocycles. The Morgan fingerprint density at radius 1 is 0.914 bits per heavy atom. The smallest absolute Gasteiger partial charge is 0.258 e. The molecule has 2 aromatic heterocycles. The Labute approximate surface area is 206 Å². The summed E-state index contributed by atoms with van der Waals surface area (Å²) >= 11 is 0. The first kappa shape index (κ1) is 23.2. The van der Waals surface area contributed by atoms with Gasteiger partial charge in [-0.15, -0.1) is 5.10 Å². The molecule has 0 unspecified atom stereocenters. The maximum Gasteiger partial charge on any atom is 0.258 e. The van der Waals surface area contributed by atoms with Gasteiger partial charge in [0.1, 0.15) is 5.82 Å². The van der Waals surface area contributed by atoms with Crippen molar-refractivity contribution in [1.82, 2.24) is 29.8 Å². The average Bonchev–Trinajstić information content (AvgIpc) is 3.47. The van der Waals surface area contributed by atoms with Crippen LogP contribution in [0.15, 0.2) is 53.1 Å². The largest absolute Gasteiger partial charge is 0.369 e. The quantitative estimate of drug-likeness (QED) is 0.427. The van der Waals surface area contributed by atoms with E-state index >= 15 is 0 Å². The Morgan fingerprint density at radius 2 is 1.66 bits per heavy atom. The van der Waals surface area contributed by atoms with Crippen LogP contribution >= 0.6 is 0 Å². The van der Waals surface area contributed by atoms with Crippen molar-refractivity contribution in [2.75, 3.05) is 38.1 Å². The van der Waals surface area contributed by atoms with Crippen LogP contribution in [0.3, 0.4) is 0 Å². The van der Waals surface area contributed by atoms with Crippen LogP contribution in [0.5, 0.6) is 0 Å². The molecule has 182 valence electrons. The van der Waals surface area contributed by atoms with E-state index in [-0.39, 0.29) is 5.41 Å². The summed E-state index contributed by atoms with van der Waals surface area (Å²) in [7, 11) is 2.17. The molecule has 0 atom stereocenters. The summed E-state index contributed by atoms with van der Waals surface area (Å²) < 4.78 is 7.42. The fourth-order valence-electron chi connectivity index (χ4n) is 4.30. The predicted molar refractivity (Wildman–Crippen MR) is 137 cm³/mol. The van der Waals surface area contributed by atoms with Crippen LogP contribution in [0, 0.1) is 6.92 Å². The number of hydrogen-bond acceptors (Lipinski definition) is 7. The molecule has 0 aliphatic carbocycles. The molecule has 8 heteroatoms. The van der Waals surface area contributed by atoms with Crippen molar-refractivity contribution in [3.05, 3.63) is 65.5 Å². The van der Waals surface area contributed by atoms with E-state index in [9.17, 15) is 0 Å². The molecule has 1 saturated heterocycles. The molecule has 5 rings (SSSR count). The first-order chi connectivity index (χ1) is 16.8. The van der Waals surface area contributed by atoms with Gasteiger partial charge in [-0.1, -0.05) is 50.2 Å². The number of nitrogens with zero attached hydrogens (tertiary/aromatic N) is 7. The molecule has 0 radical (unpaired) electrons. The van der Waals surface area contributed by atoms with Crippen molar-refractivity contribution >= 4 is 5.69 Å². The van der Waals surface area contributed by atoms with E-state index < -0.39 is 0 Å². The second-order valence-electron chi connectivity index (χ2n) is 10.4. The van der Waals surface area contributed by atoms with Gasteiger partial charge < -0.3 is 14.3 Å². The summed E-state index contributed by atoms with van der Waals surface area (Å²) in [5.41, 5.74) is 4.68. The Kier molecular flexibility index (Phi) is 6.15. The highest BCUT2D eigenvalue weighted by atomic mass is 16.5. The zero-order valence-electron chi connectivity index (χ0n) is 21.2. The first-order valence-electron chi connectivity index (χ1n) is 12.2. The summed E-state index contributed by atoms with van der Waals surface area (Å²) in [6, 6.07) is 16.9. The topological polar surface area (TPSA) is 76.1 Å². The van der Waals surface area contributed by atoms with E-state index in [4.69, 9.17) is 4.52 Å². The molecule has 3 heterocycles. The lowest BCUT2D eigenvalue weighted by Crippen LogP contribution is -2.44. The van der Waals surface area contributed by atoms with Gasteiger partial charge in [0.15, 0.2) is 0 Å². The third kappa shape index (κ3) is 5.12. The third-order valence-electron chi connectivity index (χ3n) is 6.59. The maximum atomic E-state index is 5.53. The van der Waals surface area contributed by atoms with Crippen molar-refractivity contribution in [2.24, 2.45) is 0 Å². The molecule has 4 aromatic rings. The monoisotopic (exact) mass is 471 g/mol. The lowest BCUT2D eigenvalue weighted by Gasteiger charge is -2.34. The Balaban J connectivity index is 1.32. The molecule has 0 amide bonds. The van der Waals surface area contributed by atoms with E-state index in [0.717, 1.165) is 37.6 Å². The fourth-order valence-corrected chi connectivity index (χ4v) is 4.30. The number of hydrogen-bond donors (Lipinski definition) is 0. The van der Waals surface area contributed by atoms with Crippen molar-refractivity contribution in [3.63, 3.8) is 0 Å². The molecule has 8 nitrogen and oxygen atoms in total. The SMILES string of the molecule is Cc1nc(-c2noc(-c3ccc(C(C)(C)C)cc3)n2)nn1Cc1cccc(N2CCN(C)CC2)c1. The Hall–Kier alpha value is -3.52. The number of piperazine rings is 1. The van der Waals surface area contributed by atoms with Gasteiger partial charge in [0.2, 0.25) is 11.6 Å². The molecular weight excluding hydrogens is 438 g/mol. The zero-order valence-corrected chi connectivity index (χ0v) is 21.2. The van der Waals surface area contributed by atoms with Crippen LogP contribution in [0.4, 0.5) is 5.69 Å². The fraction of sp³-hybridized carbons (Fsp3) is 0.407. The predicted octanol–water partition coefficient (Wildman–Crippen LogP) is 4.40. The summed E-state index contributed by atoms with van der Waals surface area (Å²) in [6.07, 6.45) is 0. The van der Waals surface area contributed by atoms with Crippen molar-refractivity contribution in [3.8, 4) is 23.1 Å². The van der Waals surface area contributed by atoms with E-state index in [2.05, 4.69) is 94.2 Å². The van der Waals surface area contributed by atoms with Crippen LogP contribution < -0.4 is 4.90 Å². The van der Waals surface area contributed by atoms with Gasteiger partial charge in [0.05, 0.1) is 6.54 Å². The normalized spacial score (nSPS) is 15.1. The van der Waals surface area contributed by atoms with Crippen LogP contribution in [0.2, 0.25) is 0 Å². The number of anilines is 1. The lowest BCUT2D eigenvalue weighted by atomic mass is 9.87. The van der Waals surface area contributed by atoms with E-state index in [1.807, 2.05) is 23.7 Å². The van der Waals surface area contributed by atoms with Crippen molar-refractivity contribution in [2.45, 2.75) is 39.7 Å². The van der Waals surface area contributed by atoms with Gasteiger partial charge in [0.25, 0.3) is 5.89 Å². The summed E-state index contributed by atoms with van der Waals surface area (Å²) in [5, 5.41) is 8.82. The average molecular weight is 472 g/mol. The molecule has 0 saturated carbocycles. The minimum absolute atomic E-state index is 0.0941. The van der Waals surface area contributed by atoms with Crippen molar-refractivity contribution in [1.29, 1.82) is 0 Å². The number of aryl methyl sites for hydroxylation is 1. The number of aromatic nitrogens is 5. The summed E-state index contributed by atoms with van der Waals surface area (Å²) in [4.78, 5) is 14.0. The maximum absolute atomic E-state index is 5.53. The molecule has 0 N–H and O–H groups in total. The summed E-state index contributed by atoms with van der Waals surface area (Å²) in [6.45, 7) is 13.4. The van der Waals surface area contributed by atoms with Gasteiger partial charge >= 0.3 is 0 Å². The second kappa shape index (κ2) is 9.26. The van der Waals surface area contributed by atoms with Crippen molar-refractivity contribution < 1.29 is 4.52 Å². The van der Waals surface area contributed by atoms with Crippen LogP contribution in [-0.4, -0.2) is 63.0 Å². The number of benzene rings is 2. The minimum Gasteiger partial charge on any atom is -0.369 e. The summed E-state index contributed by atoms with van der Waals surface area (Å²) in [5.74, 6) is 2.15. The zero-order chi connectivity index (χ0) is 24.6. The molecule has 0 bridgehead atoms. The molecular formula is C27H33N7O. The third-order valence-corrected chi connectivity index (χ3v) is 6.59. The Bertz CT molecular complexity index is 1290. The van der Waals surface area contributed by atoms with Crippen LogP contribution in [0.1, 0.15) is 37.7 Å². The van der Waals surface area contributed by atoms with Gasteiger partial charge in [-0.25, -0.2) is 9.67 Å². The van der Waals surface area contributed by atoms with E-state index in [0.29, 0.717) is 24.1 Å². The highest BCUT2D eigenvalue weighted by Crippen LogP contribution is 2.26. The highest BCUT2D eigenvalue weighted by Gasteiger charge is 2.19. The molecule has 2 aromatic carbocycles. The van der Waals surface area contributed by atoms with Crippen LogP contribution in [-0.2, 0) is 12.0 Å². The van der Waals surface area contributed by atoms with Crippen LogP contribution in [0.25, 0.3) is 23.1 Å². The molecule has 0 spiro atoms. The second-order valence-corrected chi connectivity index (χ2v) is 10.4. The number of rotatable bonds is 5. The standard InChI is InChI=1S/C27H33N7O/c1-19-28-24(25-29-26(35-31-25)21-9-11-22(12-10-21)27(2,3)4)30-34(19)18-20-7-6-8-23(17-20)33-15-13-32(5)14-16-33/h6-12,17H,13-16,18H2,1-5H3. The number of likely N-dealkylation sites (N-methyl/N-ethyl adjacent to an activating group) is 1. The Morgan fingerprint density at radius 3 is 2.37 bits per heavy atom. The van der Waals surface area contributed by atoms with Gasteiger partial charge in [-0.05, 0) is 54.8 Å². The minimum atomic E-state index is 0.0941. The molecule has 35 heavy (non-hydrogen) atoms. The van der Waals surface area contributed by atoms with E-state index in [1.165, 1.54) is 16.8 Å². The van der Waals surface area contributed by atoms with Gasteiger partial charge in [0, 0.05) is 37.4 Å². The van der Waals surface area contributed by atoms with Gasteiger partial charge in [-0.2, -0.15) is 4.98 Å².